The first-order chi connectivity index (χ1) is 32.9. The van der Waals surface area contributed by atoms with Crippen LogP contribution in [0.15, 0.2) is 218 Å². The lowest BCUT2D eigenvalue weighted by Crippen LogP contribution is -2.26. The van der Waals surface area contributed by atoms with E-state index in [0.29, 0.717) is 0 Å². The molecule has 11 aromatic rings. The average molecular weight is 857 g/mol. The van der Waals surface area contributed by atoms with Gasteiger partial charge in [0.1, 0.15) is 0 Å². The highest BCUT2D eigenvalue weighted by atomic mass is 15.1. The van der Waals surface area contributed by atoms with E-state index in [1.807, 2.05) is 0 Å². The lowest BCUT2D eigenvalue weighted by atomic mass is 9.68. The van der Waals surface area contributed by atoms with Crippen LogP contribution < -0.4 is 9.80 Å². The zero-order valence-corrected chi connectivity index (χ0v) is 38.2. The van der Waals surface area contributed by atoms with Crippen molar-refractivity contribution < 1.29 is 0 Å². The van der Waals surface area contributed by atoms with E-state index in [1.165, 1.54) is 99.1 Å². The van der Waals surface area contributed by atoms with Crippen LogP contribution >= 0.6 is 0 Å². The standard InChI is InChI=1S/C65H48N2/c1-41-17-26-46(27-18-41)66(47-28-19-42(2)20-29-47)50-34-37-52-45(39-50)25-36-58-62-56-14-6-5-11-53(56)59-40-51(67(48-30-21-43(3)22-31-48)49-32-23-44(4)24-33-49)35-38-57(59)64(62)65(63(52)58)60-15-9-7-12-54(60)55-13-8-10-16-61(55)65/h5-40H,1-4H3. The minimum Gasteiger partial charge on any atom is -0.310 e. The van der Waals surface area contributed by atoms with E-state index < -0.39 is 5.41 Å². The number of hydrogen-bond acceptors (Lipinski definition) is 2. The fourth-order valence-corrected chi connectivity index (χ4v) is 11.6. The molecule has 0 saturated carbocycles. The molecule has 0 unspecified atom stereocenters. The van der Waals surface area contributed by atoms with E-state index in [1.54, 1.807) is 0 Å². The first-order valence-corrected chi connectivity index (χ1v) is 23.5. The van der Waals surface area contributed by atoms with Crippen LogP contribution in [0.2, 0.25) is 0 Å². The first-order valence-electron chi connectivity index (χ1n) is 23.5. The molecule has 2 heteroatoms. The molecule has 0 atom stereocenters. The van der Waals surface area contributed by atoms with Crippen LogP contribution in [0.4, 0.5) is 34.1 Å². The Labute approximate surface area is 392 Å². The van der Waals surface area contributed by atoms with E-state index in [2.05, 4.69) is 256 Å². The molecule has 67 heavy (non-hydrogen) atoms. The van der Waals surface area contributed by atoms with Crippen LogP contribution in [-0.4, -0.2) is 0 Å². The van der Waals surface area contributed by atoms with E-state index in [4.69, 9.17) is 0 Å². The molecule has 0 N–H and O–H groups in total. The minimum absolute atomic E-state index is 0.579. The zero-order chi connectivity index (χ0) is 45.0. The van der Waals surface area contributed by atoms with Crippen LogP contribution in [0.3, 0.4) is 0 Å². The Morgan fingerprint density at radius 3 is 1.21 bits per heavy atom. The maximum Gasteiger partial charge on any atom is 0.0737 e. The number of anilines is 6. The average Bonchev–Trinajstić information content (AvgIpc) is 3.84. The molecular formula is C65H48N2. The lowest BCUT2D eigenvalue weighted by Gasteiger charge is -2.33. The van der Waals surface area contributed by atoms with Crippen molar-refractivity contribution in [2.24, 2.45) is 0 Å². The fraction of sp³-hybridized carbons (Fsp3) is 0.0769. The number of hydrogen-bond donors (Lipinski definition) is 0. The molecule has 1 spiro atoms. The smallest absolute Gasteiger partial charge is 0.0737 e. The molecule has 13 rings (SSSR count). The highest BCUT2D eigenvalue weighted by molar-refractivity contribution is 6.22. The van der Waals surface area contributed by atoms with Crippen LogP contribution in [0, 0.1) is 27.7 Å². The monoisotopic (exact) mass is 856 g/mol. The lowest BCUT2D eigenvalue weighted by molar-refractivity contribution is 0.809. The highest BCUT2D eigenvalue weighted by Gasteiger charge is 2.53. The molecule has 0 radical (unpaired) electrons. The molecule has 0 aliphatic heterocycles. The van der Waals surface area contributed by atoms with Gasteiger partial charge in [-0.05, 0) is 177 Å². The van der Waals surface area contributed by atoms with Gasteiger partial charge < -0.3 is 9.80 Å². The Balaban J connectivity index is 1.11. The van der Waals surface area contributed by atoms with Crippen LogP contribution in [0.5, 0.6) is 0 Å². The number of aryl methyl sites for hydroxylation is 4. The summed E-state index contributed by atoms with van der Waals surface area (Å²) in [7, 11) is 0. The van der Waals surface area contributed by atoms with Gasteiger partial charge >= 0.3 is 0 Å². The number of fused-ring (bicyclic) bond motifs is 17. The molecule has 0 amide bonds. The van der Waals surface area contributed by atoms with Crippen molar-refractivity contribution in [1.29, 1.82) is 0 Å². The molecule has 2 nitrogen and oxygen atoms in total. The summed E-state index contributed by atoms with van der Waals surface area (Å²) in [5.74, 6) is 0. The summed E-state index contributed by atoms with van der Waals surface area (Å²) in [6, 6.07) is 82.4. The molecule has 0 fully saturated rings. The molecule has 2 aliphatic rings. The van der Waals surface area contributed by atoms with Gasteiger partial charge in [0, 0.05) is 34.1 Å². The summed E-state index contributed by atoms with van der Waals surface area (Å²) in [6.45, 7) is 8.62. The van der Waals surface area contributed by atoms with Crippen molar-refractivity contribution in [3.8, 4) is 22.3 Å². The Bertz CT molecular complexity index is 3630. The maximum absolute atomic E-state index is 2.45. The summed E-state index contributed by atoms with van der Waals surface area (Å²) in [6.07, 6.45) is 0. The van der Waals surface area contributed by atoms with Crippen molar-refractivity contribution in [2.45, 2.75) is 33.1 Å². The van der Waals surface area contributed by atoms with Gasteiger partial charge in [-0.3, -0.25) is 0 Å². The maximum atomic E-state index is 2.45. The van der Waals surface area contributed by atoms with Crippen molar-refractivity contribution in [3.63, 3.8) is 0 Å². The third kappa shape index (κ3) is 5.82. The van der Waals surface area contributed by atoms with Crippen molar-refractivity contribution >= 4 is 66.4 Å². The Morgan fingerprint density at radius 1 is 0.284 bits per heavy atom. The van der Waals surface area contributed by atoms with Crippen molar-refractivity contribution in [2.75, 3.05) is 9.80 Å². The second kappa shape index (κ2) is 14.9. The van der Waals surface area contributed by atoms with Gasteiger partial charge in [0.25, 0.3) is 0 Å². The predicted molar refractivity (Wildman–Crippen MR) is 284 cm³/mol. The van der Waals surface area contributed by atoms with Gasteiger partial charge in [-0.15, -0.1) is 0 Å². The SMILES string of the molecule is Cc1ccc(N(c2ccc(C)cc2)c2ccc3c4c(ccc3c2)-c2c(c3ccc(N(c5ccc(C)cc5)c5ccc(C)cc5)cc3c3ccccc23)C42c3ccccc3-c3ccccc32)cc1. The van der Waals surface area contributed by atoms with E-state index in [0.717, 1.165) is 34.1 Å². The zero-order valence-electron chi connectivity index (χ0n) is 38.2. The highest BCUT2D eigenvalue weighted by Crippen LogP contribution is 2.67. The van der Waals surface area contributed by atoms with Crippen LogP contribution in [0.25, 0.3) is 54.6 Å². The molecule has 318 valence electrons. The third-order valence-electron chi connectivity index (χ3n) is 14.7. The van der Waals surface area contributed by atoms with Gasteiger partial charge in [0.2, 0.25) is 0 Å². The Kier molecular flexibility index (Phi) is 8.73. The predicted octanol–water partition coefficient (Wildman–Crippen LogP) is 17.7. The van der Waals surface area contributed by atoms with Crippen LogP contribution in [0.1, 0.15) is 44.5 Å². The molecular weight excluding hydrogens is 809 g/mol. The fourth-order valence-electron chi connectivity index (χ4n) is 11.6. The molecule has 0 heterocycles. The van der Waals surface area contributed by atoms with Gasteiger partial charge in [-0.1, -0.05) is 168 Å². The number of nitrogens with zero attached hydrogens (tertiary/aromatic N) is 2. The van der Waals surface area contributed by atoms with Gasteiger partial charge in [-0.2, -0.15) is 0 Å². The molecule has 0 aromatic heterocycles. The Hall–Kier alpha value is -8.20. The summed E-state index contributed by atoms with van der Waals surface area (Å²) in [5, 5.41) is 7.56. The number of benzene rings is 11. The normalized spacial score (nSPS) is 12.9. The molecule has 0 saturated heterocycles. The summed E-state index contributed by atoms with van der Waals surface area (Å²) in [4.78, 5) is 4.80. The van der Waals surface area contributed by atoms with Crippen LogP contribution in [-0.2, 0) is 5.41 Å². The van der Waals surface area contributed by atoms with E-state index >= 15 is 0 Å². The van der Waals surface area contributed by atoms with Gasteiger partial charge in [0.15, 0.2) is 0 Å². The second-order valence-electron chi connectivity index (χ2n) is 18.8. The van der Waals surface area contributed by atoms with Gasteiger partial charge in [-0.25, -0.2) is 0 Å². The summed E-state index contributed by atoms with van der Waals surface area (Å²) in [5.41, 5.74) is 21.9. The summed E-state index contributed by atoms with van der Waals surface area (Å²) >= 11 is 0. The first kappa shape index (κ1) is 39.2. The van der Waals surface area contributed by atoms with Crippen molar-refractivity contribution in [3.05, 3.63) is 263 Å². The quantitative estimate of drug-likeness (QED) is 0.154. The van der Waals surface area contributed by atoms with Gasteiger partial charge in [0.05, 0.1) is 5.41 Å². The topological polar surface area (TPSA) is 6.48 Å². The molecule has 2 aliphatic carbocycles. The minimum atomic E-state index is -0.579. The Morgan fingerprint density at radius 2 is 0.701 bits per heavy atom. The van der Waals surface area contributed by atoms with Crippen molar-refractivity contribution in [1.82, 2.24) is 0 Å². The number of rotatable bonds is 6. The third-order valence-corrected chi connectivity index (χ3v) is 14.7. The van der Waals surface area contributed by atoms with E-state index in [9.17, 15) is 0 Å². The molecule has 11 aromatic carbocycles. The molecule has 0 bridgehead atoms. The van der Waals surface area contributed by atoms with E-state index in [-0.39, 0.29) is 0 Å². The summed E-state index contributed by atoms with van der Waals surface area (Å²) < 4.78 is 0. The second-order valence-corrected chi connectivity index (χ2v) is 18.8. The largest absolute Gasteiger partial charge is 0.310 e.